The van der Waals surface area contributed by atoms with Crippen LogP contribution in [0.25, 0.3) is 0 Å². The van der Waals surface area contributed by atoms with E-state index in [1.165, 1.54) is 0 Å². The lowest BCUT2D eigenvalue weighted by Gasteiger charge is -2.10. The number of hydrogen-bond acceptors (Lipinski definition) is 3. The predicted octanol–water partition coefficient (Wildman–Crippen LogP) is 2.88. The molecule has 0 fully saturated rings. The molecule has 0 aromatic rings. The third kappa shape index (κ3) is 9.50. The Kier molecular flexibility index (Phi) is 9.22. The Morgan fingerprint density at radius 1 is 0.867 bits per heavy atom. The molecule has 3 heteroatoms. The van der Waals surface area contributed by atoms with Gasteiger partial charge in [0, 0.05) is 40.3 Å². The van der Waals surface area contributed by atoms with Gasteiger partial charge in [0.2, 0.25) is 0 Å². The van der Waals surface area contributed by atoms with Crippen molar-refractivity contribution in [2.24, 2.45) is 0 Å². The van der Waals surface area contributed by atoms with Gasteiger partial charge in [-0.15, -0.1) is 0 Å². The topological polar surface area (TPSA) is 27.7 Å². The number of allylic oxidation sites excluding steroid dienone is 2. The molecule has 0 heterocycles. The van der Waals surface area contributed by atoms with Crippen molar-refractivity contribution in [3.05, 3.63) is 24.7 Å². The molecule has 0 saturated carbocycles. The van der Waals surface area contributed by atoms with Crippen molar-refractivity contribution < 1.29 is 14.2 Å². The molecular weight excluding hydrogens is 192 g/mol. The molecule has 3 nitrogen and oxygen atoms in total. The molecular formula is C12H22O3. The monoisotopic (exact) mass is 214 g/mol. The van der Waals surface area contributed by atoms with Gasteiger partial charge < -0.3 is 14.2 Å². The summed E-state index contributed by atoms with van der Waals surface area (Å²) in [5, 5.41) is 0. The fourth-order valence-electron chi connectivity index (χ4n) is 1.13. The zero-order chi connectivity index (χ0) is 11.5. The summed E-state index contributed by atoms with van der Waals surface area (Å²) in [6.07, 6.45) is 3.50. The van der Waals surface area contributed by atoms with Crippen LogP contribution in [0.2, 0.25) is 0 Å². The lowest BCUT2D eigenvalue weighted by atomic mass is 10.2. The van der Waals surface area contributed by atoms with Crippen LogP contribution in [-0.4, -0.2) is 27.4 Å². The quantitative estimate of drug-likeness (QED) is 0.413. The number of methoxy groups -OCH3 is 2. The first-order valence-corrected chi connectivity index (χ1v) is 5.22. The van der Waals surface area contributed by atoms with Crippen LogP contribution in [0.1, 0.15) is 25.7 Å². The fourth-order valence-corrected chi connectivity index (χ4v) is 1.13. The van der Waals surface area contributed by atoms with E-state index in [2.05, 4.69) is 13.2 Å². The molecule has 0 bridgehead atoms. The van der Waals surface area contributed by atoms with Gasteiger partial charge in [0.15, 0.2) is 0 Å². The van der Waals surface area contributed by atoms with E-state index in [-0.39, 0.29) is 0 Å². The van der Waals surface area contributed by atoms with E-state index in [0.717, 1.165) is 50.4 Å². The normalized spacial score (nSPS) is 10.0. The summed E-state index contributed by atoms with van der Waals surface area (Å²) in [5.74, 6) is 1.52. The zero-order valence-electron chi connectivity index (χ0n) is 9.88. The summed E-state index contributed by atoms with van der Waals surface area (Å²) in [6, 6.07) is 0. The fraction of sp³-hybridized carbons (Fsp3) is 0.667. The highest BCUT2D eigenvalue weighted by molar-refractivity contribution is 4.93. The SMILES string of the molecule is C=C(CCCOC)OC(=C)CCCOC. The summed E-state index contributed by atoms with van der Waals surface area (Å²) in [5.41, 5.74) is 0. The van der Waals surface area contributed by atoms with Gasteiger partial charge in [-0.1, -0.05) is 13.2 Å². The van der Waals surface area contributed by atoms with E-state index in [9.17, 15) is 0 Å². The summed E-state index contributed by atoms with van der Waals surface area (Å²) in [7, 11) is 3.38. The molecule has 0 radical (unpaired) electrons. The Balaban J connectivity index is 3.45. The Bertz CT molecular complexity index is 167. The van der Waals surface area contributed by atoms with E-state index in [1.54, 1.807) is 14.2 Å². The summed E-state index contributed by atoms with van der Waals surface area (Å²) in [4.78, 5) is 0. The second-order valence-electron chi connectivity index (χ2n) is 3.37. The minimum atomic E-state index is 0.735. The number of ether oxygens (including phenoxy) is 3. The van der Waals surface area contributed by atoms with Crippen LogP contribution < -0.4 is 0 Å². The third-order valence-corrected chi connectivity index (χ3v) is 1.90. The minimum absolute atomic E-state index is 0.735. The molecule has 0 saturated heterocycles. The van der Waals surface area contributed by atoms with Crippen LogP contribution in [0.4, 0.5) is 0 Å². The first-order chi connectivity index (χ1) is 7.20. The van der Waals surface area contributed by atoms with Crippen LogP contribution in [0.15, 0.2) is 24.7 Å². The van der Waals surface area contributed by atoms with E-state index in [0.29, 0.717) is 0 Å². The molecule has 15 heavy (non-hydrogen) atoms. The highest BCUT2D eigenvalue weighted by atomic mass is 16.5. The zero-order valence-corrected chi connectivity index (χ0v) is 9.88. The van der Waals surface area contributed by atoms with Crippen LogP contribution in [0, 0.1) is 0 Å². The molecule has 0 aromatic heterocycles. The first kappa shape index (κ1) is 14.2. The lowest BCUT2D eigenvalue weighted by Crippen LogP contribution is -1.96. The van der Waals surface area contributed by atoms with Crippen LogP contribution in [0.3, 0.4) is 0 Å². The molecule has 0 atom stereocenters. The Hall–Kier alpha value is -0.800. The highest BCUT2D eigenvalue weighted by Crippen LogP contribution is 2.13. The van der Waals surface area contributed by atoms with Gasteiger partial charge in [0.25, 0.3) is 0 Å². The lowest BCUT2D eigenvalue weighted by molar-refractivity contribution is 0.179. The van der Waals surface area contributed by atoms with Crippen molar-refractivity contribution in [3.8, 4) is 0 Å². The maximum absolute atomic E-state index is 5.44. The maximum Gasteiger partial charge on any atom is 0.0965 e. The maximum atomic E-state index is 5.44. The van der Waals surface area contributed by atoms with Gasteiger partial charge in [0.05, 0.1) is 11.5 Å². The third-order valence-electron chi connectivity index (χ3n) is 1.90. The molecule has 88 valence electrons. The summed E-state index contributed by atoms with van der Waals surface area (Å²) >= 11 is 0. The molecule has 0 N–H and O–H groups in total. The summed E-state index contributed by atoms with van der Waals surface area (Å²) in [6.45, 7) is 9.12. The number of hydrogen-bond donors (Lipinski definition) is 0. The van der Waals surface area contributed by atoms with Crippen LogP contribution >= 0.6 is 0 Å². The van der Waals surface area contributed by atoms with E-state index >= 15 is 0 Å². The predicted molar refractivity (Wildman–Crippen MR) is 61.6 cm³/mol. The molecule has 0 aliphatic carbocycles. The molecule has 0 aliphatic heterocycles. The van der Waals surface area contributed by atoms with Gasteiger partial charge in [-0.25, -0.2) is 0 Å². The average Bonchev–Trinajstić information content (AvgIpc) is 2.18. The van der Waals surface area contributed by atoms with Gasteiger partial charge in [-0.2, -0.15) is 0 Å². The van der Waals surface area contributed by atoms with Crippen molar-refractivity contribution in [3.63, 3.8) is 0 Å². The Morgan fingerprint density at radius 3 is 1.60 bits per heavy atom. The van der Waals surface area contributed by atoms with Crippen molar-refractivity contribution >= 4 is 0 Å². The molecule has 0 aromatic carbocycles. The van der Waals surface area contributed by atoms with Gasteiger partial charge >= 0.3 is 0 Å². The van der Waals surface area contributed by atoms with E-state index in [4.69, 9.17) is 14.2 Å². The molecule has 0 aliphatic rings. The first-order valence-electron chi connectivity index (χ1n) is 5.22. The molecule has 0 amide bonds. The van der Waals surface area contributed by atoms with Crippen molar-refractivity contribution in [1.29, 1.82) is 0 Å². The van der Waals surface area contributed by atoms with Crippen molar-refractivity contribution in [1.82, 2.24) is 0 Å². The van der Waals surface area contributed by atoms with Gasteiger partial charge in [-0.05, 0) is 12.8 Å². The molecule has 0 spiro atoms. The van der Waals surface area contributed by atoms with Gasteiger partial charge in [0.1, 0.15) is 0 Å². The average molecular weight is 214 g/mol. The largest absolute Gasteiger partial charge is 0.467 e. The van der Waals surface area contributed by atoms with E-state index in [1.807, 2.05) is 0 Å². The Labute approximate surface area is 92.7 Å². The van der Waals surface area contributed by atoms with Crippen molar-refractivity contribution in [2.75, 3.05) is 27.4 Å². The number of rotatable bonds is 10. The minimum Gasteiger partial charge on any atom is -0.467 e. The standard InChI is InChI=1S/C12H22O3/c1-11(7-5-9-13-3)15-12(2)8-6-10-14-4/h1-2,5-10H2,3-4H3. The van der Waals surface area contributed by atoms with Gasteiger partial charge in [-0.3, -0.25) is 0 Å². The van der Waals surface area contributed by atoms with Crippen LogP contribution in [-0.2, 0) is 14.2 Å². The smallest absolute Gasteiger partial charge is 0.0965 e. The van der Waals surface area contributed by atoms with Crippen LogP contribution in [0.5, 0.6) is 0 Å². The van der Waals surface area contributed by atoms with Crippen molar-refractivity contribution in [2.45, 2.75) is 25.7 Å². The molecule has 0 unspecified atom stereocenters. The summed E-state index contributed by atoms with van der Waals surface area (Å²) < 4.78 is 15.3. The Morgan fingerprint density at radius 2 is 1.27 bits per heavy atom. The second-order valence-corrected chi connectivity index (χ2v) is 3.37. The van der Waals surface area contributed by atoms with E-state index < -0.39 is 0 Å². The molecule has 0 rings (SSSR count). The second kappa shape index (κ2) is 9.74. The highest BCUT2D eigenvalue weighted by Gasteiger charge is 1.99.